The van der Waals surface area contributed by atoms with Crippen molar-refractivity contribution in [3.05, 3.63) is 69.5 Å². The van der Waals surface area contributed by atoms with Crippen LogP contribution in [0.1, 0.15) is 5.56 Å². The van der Waals surface area contributed by atoms with Crippen LogP contribution in [-0.2, 0) is 5.75 Å². The van der Waals surface area contributed by atoms with E-state index < -0.39 is 0 Å². The molecule has 2 aromatic carbocycles. The zero-order valence-corrected chi connectivity index (χ0v) is 14.4. The monoisotopic (exact) mass is 359 g/mol. The maximum atomic E-state index is 12.2. The molecule has 1 heterocycles. The van der Waals surface area contributed by atoms with Crippen molar-refractivity contribution >= 4 is 23.4 Å². The molecule has 0 bridgehead atoms. The molecule has 0 atom stereocenters. The summed E-state index contributed by atoms with van der Waals surface area (Å²) in [5, 5.41) is 9.32. The summed E-state index contributed by atoms with van der Waals surface area (Å²) >= 11 is 7.27. The van der Waals surface area contributed by atoms with Crippen LogP contribution in [0, 0.1) is 0 Å². The summed E-state index contributed by atoms with van der Waals surface area (Å²) in [6, 6.07) is 14.6. The van der Waals surface area contributed by atoms with Gasteiger partial charge in [0.2, 0.25) is 0 Å². The van der Waals surface area contributed by atoms with Gasteiger partial charge >= 0.3 is 0 Å². The normalized spacial score (nSPS) is 10.6. The Morgan fingerprint density at radius 1 is 1.08 bits per heavy atom. The van der Waals surface area contributed by atoms with Gasteiger partial charge in [0, 0.05) is 16.3 Å². The third-order valence-corrected chi connectivity index (χ3v) is 4.52. The minimum Gasteiger partial charge on any atom is -0.497 e. The summed E-state index contributed by atoms with van der Waals surface area (Å²) in [5.41, 5.74) is 1.80. The van der Waals surface area contributed by atoms with Crippen LogP contribution in [0.2, 0.25) is 5.02 Å². The number of benzene rings is 2. The molecule has 0 fully saturated rings. The number of aromatic amines is 1. The molecule has 0 unspecified atom stereocenters. The van der Waals surface area contributed by atoms with Crippen LogP contribution in [0.5, 0.6) is 5.75 Å². The molecule has 1 N–H and O–H groups in total. The molecule has 0 saturated carbocycles. The first-order valence-corrected chi connectivity index (χ1v) is 8.51. The van der Waals surface area contributed by atoms with E-state index in [9.17, 15) is 4.79 Å². The van der Waals surface area contributed by atoms with Crippen molar-refractivity contribution in [2.45, 2.75) is 10.9 Å². The Kier molecular flexibility index (Phi) is 5.17. The Hall–Kier alpha value is -2.31. The van der Waals surface area contributed by atoms with E-state index in [1.807, 2.05) is 24.3 Å². The van der Waals surface area contributed by atoms with E-state index in [4.69, 9.17) is 16.3 Å². The molecule has 7 heteroatoms. The molecule has 0 amide bonds. The largest absolute Gasteiger partial charge is 0.497 e. The Morgan fingerprint density at radius 2 is 1.79 bits per heavy atom. The van der Waals surface area contributed by atoms with Crippen molar-refractivity contribution in [1.82, 2.24) is 15.2 Å². The average molecular weight is 360 g/mol. The molecule has 0 spiro atoms. The zero-order chi connectivity index (χ0) is 16.9. The van der Waals surface area contributed by atoms with Gasteiger partial charge in [-0.2, -0.15) is 0 Å². The predicted molar refractivity (Wildman–Crippen MR) is 95.7 cm³/mol. The number of hydrogen-bond donors (Lipinski definition) is 1. The van der Waals surface area contributed by atoms with Crippen LogP contribution in [0.4, 0.5) is 0 Å². The second-order valence-electron chi connectivity index (χ2n) is 4.95. The van der Waals surface area contributed by atoms with Crippen LogP contribution < -0.4 is 10.3 Å². The van der Waals surface area contributed by atoms with E-state index in [0.717, 1.165) is 11.3 Å². The van der Waals surface area contributed by atoms with Crippen molar-refractivity contribution in [3.63, 3.8) is 0 Å². The van der Waals surface area contributed by atoms with Gasteiger partial charge in [-0.1, -0.05) is 35.5 Å². The molecule has 0 aliphatic rings. The summed E-state index contributed by atoms with van der Waals surface area (Å²) in [6.45, 7) is 0. The van der Waals surface area contributed by atoms with Gasteiger partial charge in [-0.15, -0.1) is 10.2 Å². The lowest BCUT2D eigenvalue weighted by Gasteiger charge is -2.04. The maximum absolute atomic E-state index is 12.2. The molecular weight excluding hydrogens is 346 g/mol. The molecule has 0 aliphatic heterocycles. The summed E-state index contributed by atoms with van der Waals surface area (Å²) in [5.74, 6) is 1.39. The molecule has 0 saturated heterocycles. The van der Waals surface area contributed by atoms with Crippen LogP contribution >= 0.6 is 23.4 Å². The third-order valence-electron chi connectivity index (χ3n) is 3.33. The van der Waals surface area contributed by atoms with Crippen molar-refractivity contribution in [3.8, 4) is 17.0 Å². The van der Waals surface area contributed by atoms with Gasteiger partial charge in [-0.05, 0) is 42.0 Å². The van der Waals surface area contributed by atoms with Crippen LogP contribution in [-0.4, -0.2) is 22.3 Å². The van der Waals surface area contributed by atoms with E-state index in [-0.39, 0.29) is 11.3 Å². The number of ether oxygens (including phenoxy) is 1. The molecular formula is C17H14ClN3O2S. The molecule has 3 rings (SSSR count). The van der Waals surface area contributed by atoms with Gasteiger partial charge in [0.25, 0.3) is 5.56 Å². The van der Waals surface area contributed by atoms with E-state index in [1.54, 1.807) is 31.4 Å². The highest BCUT2D eigenvalue weighted by Gasteiger charge is 2.08. The van der Waals surface area contributed by atoms with E-state index in [2.05, 4.69) is 15.2 Å². The standard InChI is InChI=1S/C17H14ClN3O2S/c1-23-14-8-4-12(5-9-14)15-16(22)19-17(21-20-15)24-10-11-2-6-13(18)7-3-11/h2-9H,10H2,1H3,(H,19,21,22). The second kappa shape index (κ2) is 7.51. The predicted octanol–water partition coefficient (Wildman–Crippen LogP) is 3.79. The van der Waals surface area contributed by atoms with Gasteiger partial charge in [0.05, 0.1) is 7.11 Å². The minimum absolute atomic E-state index is 0.270. The summed E-state index contributed by atoms with van der Waals surface area (Å²) in [6.07, 6.45) is 0. The Bertz CT molecular complexity index is 880. The van der Waals surface area contributed by atoms with Crippen molar-refractivity contribution < 1.29 is 4.74 Å². The highest BCUT2D eigenvalue weighted by Crippen LogP contribution is 2.21. The number of aromatic nitrogens is 3. The number of thioether (sulfide) groups is 1. The number of methoxy groups -OCH3 is 1. The second-order valence-corrected chi connectivity index (χ2v) is 6.35. The van der Waals surface area contributed by atoms with Gasteiger partial charge in [-0.25, -0.2) is 0 Å². The van der Waals surface area contributed by atoms with Gasteiger partial charge in [-0.3, -0.25) is 9.78 Å². The van der Waals surface area contributed by atoms with Gasteiger partial charge < -0.3 is 4.74 Å². The summed E-state index contributed by atoms with van der Waals surface area (Å²) in [4.78, 5) is 15.0. The van der Waals surface area contributed by atoms with Crippen LogP contribution in [0.3, 0.4) is 0 Å². The smallest absolute Gasteiger partial charge is 0.278 e. The molecule has 5 nitrogen and oxygen atoms in total. The van der Waals surface area contributed by atoms with Crippen LogP contribution in [0.25, 0.3) is 11.3 Å². The first-order valence-electron chi connectivity index (χ1n) is 7.14. The van der Waals surface area contributed by atoms with Crippen molar-refractivity contribution in [2.75, 3.05) is 7.11 Å². The summed E-state index contributed by atoms with van der Waals surface area (Å²) in [7, 11) is 1.59. The van der Waals surface area contributed by atoms with Crippen LogP contribution in [0.15, 0.2) is 58.5 Å². The van der Waals surface area contributed by atoms with E-state index in [1.165, 1.54) is 11.8 Å². The molecule has 24 heavy (non-hydrogen) atoms. The molecule has 0 aliphatic carbocycles. The topological polar surface area (TPSA) is 67.9 Å². The van der Waals surface area contributed by atoms with Gasteiger partial charge in [0.15, 0.2) is 10.9 Å². The average Bonchev–Trinajstić information content (AvgIpc) is 2.61. The first kappa shape index (κ1) is 16.5. The number of H-pyrrole nitrogens is 1. The Labute approximate surface area is 148 Å². The minimum atomic E-state index is -0.270. The van der Waals surface area contributed by atoms with E-state index >= 15 is 0 Å². The number of rotatable bonds is 5. The quantitative estimate of drug-likeness (QED) is 0.702. The lowest BCUT2D eigenvalue weighted by molar-refractivity contribution is 0.415. The SMILES string of the molecule is COc1ccc(-c2nnc(SCc3ccc(Cl)cc3)[nH]c2=O)cc1. The van der Waals surface area contributed by atoms with E-state index in [0.29, 0.717) is 21.5 Å². The lowest BCUT2D eigenvalue weighted by Crippen LogP contribution is -2.14. The summed E-state index contributed by atoms with van der Waals surface area (Å²) < 4.78 is 5.10. The molecule has 122 valence electrons. The van der Waals surface area contributed by atoms with Gasteiger partial charge in [0.1, 0.15) is 5.75 Å². The Balaban J connectivity index is 1.74. The fraction of sp³-hybridized carbons (Fsp3) is 0.118. The fourth-order valence-electron chi connectivity index (χ4n) is 2.06. The highest BCUT2D eigenvalue weighted by molar-refractivity contribution is 7.98. The number of halogens is 1. The first-order chi connectivity index (χ1) is 11.7. The molecule has 1 aromatic heterocycles. The number of nitrogens with one attached hydrogen (secondary N) is 1. The van der Waals surface area contributed by atoms with Crippen molar-refractivity contribution in [1.29, 1.82) is 0 Å². The third kappa shape index (κ3) is 3.96. The number of nitrogens with zero attached hydrogens (tertiary/aromatic N) is 2. The highest BCUT2D eigenvalue weighted by atomic mass is 35.5. The Morgan fingerprint density at radius 3 is 2.42 bits per heavy atom. The lowest BCUT2D eigenvalue weighted by atomic mass is 10.1. The number of hydrogen-bond acceptors (Lipinski definition) is 5. The molecule has 0 radical (unpaired) electrons. The zero-order valence-electron chi connectivity index (χ0n) is 12.8. The van der Waals surface area contributed by atoms with Crippen molar-refractivity contribution in [2.24, 2.45) is 0 Å². The fourth-order valence-corrected chi connectivity index (χ4v) is 2.94. The maximum Gasteiger partial charge on any atom is 0.278 e. The molecule has 3 aromatic rings.